The fourth-order valence-electron chi connectivity index (χ4n) is 3.88. The molecule has 1 aliphatic rings. The standard InChI is InChI=1S/C17H32N4O4.ClH/c1-5-10(6-2)14(20-9(4)22)13-12(21-17(18)19)8-11(15(13)23)16(24)25-7-3;/h10-15,23H,5-8H2,1-4H3,(H,20,22)(H4,18,19,21);1H/t11-,12+,13+,14-,15+;/m0./s1. The first-order valence-electron chi connectivity index (χ1n) is 8.97. The molecule has 0 unspecified atom stereocenters. The van der Waals surface area contributed by atoms with Gasteiger partial charge in [0, 0.05) is 18.9 Å². The van der Waals surface area contributed by atoms with Gasteiger partial charge in [0.1, 0.15) is 0 Å². The molecule has 0 aromatic heterocycles. The molecular formula is C17H33ClN4O4. The fraction of sp³-hybridized carbons (Fsp3) is 0.824. The van der Waals surface area contributed by atoms with Crippen molar-refractivity contribution < 1.29 is 19.4 Å². The summed E-state index contributed by atoms with van der Waals surface area (Å²) in [6.45, 7) is 7.45. The third kappa shape index (κ3) is 6.02. The van der Waals surface area contributed by atoms with Gasteiger partial charge in [-0.25, -0.2) is 4.99 Å². The summed E-state index contributed by atoms with van der Waals surface area (Å²) in [5.74, 6) is -1.76. The van der Waals surface area contributed by atoms with E-state index in [1.807, 2.05) is 13.8 Å². The summed E-state index contributed by atoms with van der Waals surface area (Å²) in [4.78, 5) is 28.2. The maximum atomic E-state index is 12.2. The molecule has 6 N–H and O–H groups in total. The Morgan fingerprint density at radius 3 is 2.27 bits per heavy atom. The van der Waals surface area contributed by atoms with Crippen LogP contribution in [0.1, 0.15) is 47.0 Å². The van der Waals surface area contributed by atoms with Gasteiger partial charge in [0.25, 0.3) is 0 Å². The molecule has 0 bridgehead atoms. The van der Waals surface area contributed by atoms with Crippen LogP contribution in [0, 0.1) is 17.8 Å². The maximum absolute atomic E-state index is 12.2. The van der Waals surface area contributed by atoms with Crippen molar-refractivity contribution in [3.63, 3.8) is 0 Å². The van der Waals surface area contributed by atoms with E-state index in [4.69, 9.17) is 16.2 Å². The summed E-state index contributed by atoms with van der Waals surface area (Å²) in [6.07, 6.45) is 0.954. The normalized spacial score (nSPS) is 25.9. The molecule has 0 spiro atoms. The molecule has 5 atom stereocenters. The molecule has 26 heavy (non-hydrogen) atoms. The second kappa shape index (κ2) is 11.2. The van der Waals surface area contributed by atoms with Crippen LogP contribution in [0.3, 0.4) is 0 Å². The van der Waals surface area contributed by atoms with Gasteiger partial charge in [0.2, 0.25) is 5.91 Å². The lowest BCUT2D eigenvalue weighted by molar-refractivity contribution is -0.151. The Balaban J connectivity index is 0.00000625. The largest absolute Gasteiger partial charge is 0.466 e. The number of hydrogen-bond acceptors (Lipinski definition) is 5. The first kappa shape index (κ1) is 24.5. The van der Waals surface area contributed by atoms with Crippen LogP contribution >= 0.6 is 12.4 Å². The van der Waals surface area contributed by atoms with Crippen LogP contribution in [0.2, 0.25) is 0 Å². The predicted octanol–water partition coefficient (Wildman–Crippen LogP) is 0.551. The van der Waals surface area contributed by atoms with Gasteiger partial charge in [0.15, 0.2) is 5.96 Å². The van der Waals surface area contributed by atoms with E-state index < -0.39 is 30.0 Å². The Bertz CT molecular complexity index is 495. The predicted molar refractivity (Wildman–Crippen MR) is 103 cm³/mol. The number of carbonyl (C=O) groups is 2. The number of nitrogens with zero attached hydrogens (tertiary/aromatic N) is 1. The van der Waals surface area contributed by atoms with Gasteiger partial charge in [-0.15, -0.1) is 12.4 Å². The van der Waals surface area contributed by atoms with Gasteiger partial charge in [-0.05, 0) is 19.3 Å². The quantitative estimate of drug-likeness (QED) is 0.270. The van der Waals surface area contributed by atoms with E-state index in [1.165, 1.54) is 6.92 Å². The Morgan fingerprint density at radius 1 is 1.27 bits per heavy atom. The summed E-state index contributed by atoms with van der Waals surface area (Å²) < 4.78 is 5.07. The molecule has 0 saturated heterocycles. The summed E-state index contributed by atoms with van der Waals surface area (Å²) in [5, 5.41) is 13.8. The van der Waals surface area contributed by atoms with Crippen LogP contribution in [0.4, 0.5) is 0 Å². The molecule has 1 aliphatic carbocycles. The van der Waals surface area contributed by atoms with E-state index >= 15 is 0 Å². The smallest absolute Gasteiger partial charge is 0.311 e. The number of ether oxygens (including phenoxy) is 1. The average Bonchev–Trinajstić information content (AvgIpc) is 2.83. The third-order valence-corrected chi connectivity index (χ3v) is 4.99. The Kier molecular flexibility index (Phi) is 10.6. The van der Waals surface area contributed by atoms with Crippen LogP contribution in [0.25, 0.3) is 0 Å². The molecule has 152 valence electrons. The van der Waals surface area contributed by atoms with Gasteiger partial charge in [-0.1, -0.05) is 26.7 Å². The van der Waals surface area contributed by atoms with Crippen LogP contribution < -0.4 is 16.8 Å². The summed E-state index contributed by atoms with van der Waals surface area (Å²) >= 11 is 0. The number of aliphatic imine (C=N–C) groups is 1. The van der Waals surface area contributed by atoms with Gasteiger partial charge < -0.3 is 26.6 Å². The maximum Gasteiger partial charge on any atom is 0.311 e. The SMILES string of the molecule is CCOC(=O)[C@H]1C[C@@H](N=C(N)N)[C@H]([C@@H](NC(C)=O)C(CC)CC)[C@@H]1O.Cl. The summed E-state index contributed by atoms with van der Waals surface area (Å²) in [6, 6.07) is -0.776. The molecule has 0 aliphatic heterocycles. The fourth-order valence-corrected chi connectivity index (χ4v) is 3.88. The van der Waals surface area contributed by atoms with Crippen molar-refractivity contribution in [1.82, 2.24) is 5.32 Å². The number of guanidine groups is 1. The number of nitrogens with one attached hydrogen (secondary N) is 1. The van der Waals surface area contributed by atoms with Crippen LogP contribution in [-0.4, -0.2) is 47.7 Å². The number of aliphatic hydroxyl groups is 1. The number of rotatable bonds is 8. The molecule has 1 saturated carbocycles. The minimum absolute atomic E-state index is 0. The van der Waals surface area contributed by atoms with Crippen molar-refractivity contribution in [2.24, 2.45) is 34.2 Å². The van der Waals surface area contributed by atoms with Gasteiger partial charge in [-0.2, -0.15) is 0 Å². The van der Waals surface area contributed by atoms with Crippen molar-refractivity contribution in [2.45, 2.75) is 65.1 Å². The number of aliphatic hydroxyl groups excluding tert-OH is 1. The van der Waals surface area contributed by atoms with Crippen molar-refractivity contribution in [2.75, 3.05) is 6.61 Å². The molecule has 1 rings (SSSR count). The molecule has 9 heteroatoms. The van der Waals surface area contributed by atoms with Crippen molar-refractivity contribution in [3.8, 4) is 0 Å². The van der Waals surface area contributed by atoms with Gasteiger partial charge in [0.05, 0.1) is 24.7 Å². The lowest BCUT2D eigenvalue weighted by Crippen LogP contribution is -2.51. The van der Waals surface area contributed by atoms with E-state index in [1.54, 1.807) is 6.92 Å². The number of halogens is 1. The number of esters is 1. The van der Waals surface area contributed by atoms with E-state index in [0.717, 1.165) is 12.8 Å². The van der Waals surface area contributed by atoms with Crippen LogP contribution in [0.15, 0.2) is 4.99 Å². The first-order chi connectivity index (χ1) is 11.8. The third-order valence-electron chi connectivity index (χ3n) is 4.99. The van der Waals surface area contributed by atoms with Crippen molar-refractivity contribution >= 4 is 30.2 Å². The van der Waals surface area contributed by atoms with E-state index in [9.17, 15) is 14.7 Å². The molecule has 8 nitrogen and oxygen atoms in total. The van der Waals surface area contributed by atoms with Crippen LogP contribution in [0.5, 0.6) is 0 Å². The van der Waals surface area contributed by atoms with E-state index in [0.29, 0.717) is 6.42 Å². The number of amides is 1. The monoisotopic (exact) mass is 392 g/mol. The first-order valence-corrected chi connectivity index (χ1v) is 8.97. The lowest BCUT2D eigenvalue weighted by atomic mass is 9.80. The highest BCUT2D eigenvalue weighted by atomic mass is 35.5. The summed E-state index contributed by atoms with van der Waals surface area (Å²) in [7, 11) is 0. The van der Waals surface area contributed by atoms with Gasteiger partial charge in [-0.3, -0.25) is 9.59 Å². The summed E-state index contributed by atoms with van der Waals surface area (Å²) in [5.41, 5.74) is 11.1. The molecule has 0 aromatic carbocycles. The minimum Gasteiger partial charge on any atom is -0.466 e. The second-order valence-electron chi connectivity index (χ2n) is 6.59. The zero-order valence-corrected chi connectivity index (χ0v) is 16.8. The highest BCUT2D eigenvalue weighted by Crippen LogP contribution is 2.40. The minimum atomic E-state index is -0.982. The zero-order valence-electron chi connectivity index (χ0n) is 16.0. The molecule has 0 radical (unpaired) electrons. The molecular weight excluding hydrogens is 360 g/mol. The zero-order chi connectivity index (χ0) is 19.1. The molecule has 0 aromatic rings. The highest BCUT2D eigenvalue weighted by Gasteiger charge is 2.51. The van der Waals surface area contributed by atoms with Crippen molar-refractivity contribution in [1.29, 1.82) is 0 Å². The number of hydrogen-bond donors (Lipinski definition) is 4. The van der Waals surface area contributed by atoms with Crippen LogP contribution in [-0.2, 0) is 14.3 Å². The Labute approximate surface area is 161 Å². The number of nitrogens with two attached hydrogens (primary N) is 2. The average molecular weight is 393 g/mol. The lowest BCUT2D eigenvalue weighted by Gasteiger charge is -2.35. The molecule has 1 amide bonds. The highest BCUT2D eigenvalue weighted by molar-refractivity contribution is 5.85. The van der Waals surface area contributed by atoms with Crippen molar-refractivity contribution in [3.05, 3.63) is 0 Å². The van der Waals surface area contributed by atoms with Gasteiger partial charge >= 0.3 is 5.97 Å². The molecule has 1 fully saturated rings. The Hall–Kier alpha value is -1.54. The topological polar surface area (TPSA) is 140 Å². The number of carbonyl (C=O) groups excluding carboxylic acids is 2. The Morgan fingerprint density at radius 2 is 1.85 bits per heavy atom. The van der Waals surface area contributed by atoms with E-state index in [-0.39, 0.29) is 42.8 Å². The second-order valence-corrected chi connectivity index (χ2v) is 6.59. The molecule has 0 heterocycles. The van der Waals surface area contributed by atoms with E-state index in [2.05, 4.69) is 10.3 Å².